The van der Waals surface area contributed by atoms with Gasteiger partial charge in [0.1, 0.15) is 6.54 Å². The highest BCUT2D eigenvalue weighted by Crippen LogP contribution is 2.26. The molecule has 0 bridgehead atoms. The first-order valence-corrected chi connectivity index (χ1v) is 11.8. The molecule has 0 radical (unpaired) electrons. The van der Waals surface area contributed by atoms with Gasteiger partial charge in [-0.05, 0) is 81.8 Å². The van der Waals surface area contributed by atoms with Crippen LogP contribution in [0, 0.1) is 20.8 Å². The average molecular weight is 427 g/mol. The van der Waals surface area contributed by atoms with Crippen molar-refractivity contribution < 1.29 is 13.2 Å². The van der Waals surface area contributed by atoms with Crippen LogP contribution in [0.25, 0.3) is 0 Å². The first-order chi connectivity index (χ1) is 14.3. The van der Waals surface area contributed by atoms with Crippen LogP contribution < -0.4 is 9.62 Å². The molecule has 0 saturated carbocycles. The molecular weight excluding hydrogens is 396 g/mol. The van der Waals surface area contributed by atoms with Crippen LogP contribution in [0.3, 0.4) is 0 Å². The Balaban J connectivity index is 1.87. The van der Waals surface area contributed by atoms with Gasteiger partial charge in [0.05, 0.1) is 10.6 Å². The Morgan fingerprint density at radius 2 is 1.73 bits per heavy atom. The van der Waals surface area contributed by atoms with Gasteiger partial charge in [0.25, 0.3) is 10.0 Å². The fourth-order valence-electron chi connectivity index (χ4n) is 3.50. The molecule has 3 rings (SSSR count). The molecule has 0 fully saturated rings. The molecule has 0 spiro atoms. The molecule has 1 amide bonds. The fraction of sp³-hybridized carbons (Fsp3) is 0.375. The van der Waals surface area contributed by atoms with Gasteiger partial charge in [0, 0.05) is 6.54 Å². The molecule has 0 saturated heterocycles. The quantitative estimate of drug-likeness (QED) is 0.667. The van der Waals surface area contributed by atoms with E-state index in [4.69, 9.17) is 0 Å². The molecule has 1 aliphatic carbocycles. The summed E-state index contributed by atoms with van der Waals surface area (Å²) >= 11 is 0. The van der Waals surface area contributed by atoms with E-state index in [9.17, 15) is 13.2 Å². The Bertz CT molecular complexity index is 1040. The number of aryl methyl sites for hydroxylation is 3. The Kier molecular flexibility index (Phi) is 6.98. The second-order valence-electron chi connectivity index (χ2n) is 7.98. The summed E-state index contributed by atoms with van der Waals surface area (Å²) in [5.74, 6) is -0.310. The zero-order chi connectivity index (χ0) is 21.7. The molecule has 6 heteroatoms. The van der Waals surface area contributed by atoms with E-state index in [0.29, 0.717) is 12.2 Å². The van der Waals surface area contributed by atoms with Crippen molar-refractivity contribution in [3.05, 3.63) is 70.8 Å². The number of allylic oxidation sites excluding steroid dienone is 1. The van der Waals surface area contributed by atoms with Crippen molar-refractivity contribution in [2.24, 2.45) is 0 Å². The van der Waals surface area contributed by atoms with Gasteiger partial charge in [-0.25, -0.2) is 8.42 Å². The number of anilines is 1. The monoisotopic (exact) mass is 426 g/mol. The predicted molar refractivity (Wildman–Crippen MR) is 121 cm³/mol. The third kappa shape index (κ3) is 5.30. The normalized spacial score (nSPS) is 14.2. The van der Waals surface area contributed by atoms with Crippen molar-refractivity contribution in [1.82, 2.24) is 5.32 Å². The predicted octanol–water partition coefficient (Wildman–Crippen LogP) is 4.42. The van der Waals surface area contributed by atoms with Gasteiger partial charge in [0.15, 0.2) is 0 Å². The zero-order valence-electron chi connectivity index (χ0n) is 17.9. The van der Waals surface area contributed by atoms with Gasteiger partial charge < -0.3 is 5.32 Å². The third-order valence-corrected chi connectivity index (χ3v) is 7.36. The number of hydrogen-bond acceptors (Lipinski definition) is 3. The summed E-state index contributed by atoms with van der Waals surface area (Å²) in [4.78, 5) is 12.9. The lowest BCUT2D eigenvalue weighted by atomic mass is 10.00. The molecule has 5 nitrogen and oxygen atoms in total. The maximum absolute atomic E-state index is 13.4. The molecule has 2 aromatic carbocycles. The number of benzene rings is 2. The van der Waals surface area contributed by atoms with Crippen molar-refractivity contribution in [1.29, 1.82) is 0 Å². The highest BCUT2D eigenvalue weighted by Gasteiger charge is 2.27. The average Bonchev–Trinajstić information content (AvgIpc) is 2.73. The van der Waals surface area contributed by atoms with Crippen LogP contribution in [0.1, 0.15) is 42.4 Å². The van der Waals surface area contributed by atoms with Crippen LogP contribution >= 0.6 is 0 Å². The lowest BCUT2D eigenvalue weighted by molar-refractivity contribution is -0.119. The van der Waals surface area contributed by atoms with Crippen molar-refractivity contribution >= 4 is 21.6 Å². The van der Waals surface area contributed by atoms with Crippen LogP contribution in [0.4, 0.5) is 5.69 Å². The zero-order valence-corrected chi connectivity index (χ0v) is 18.8. The number of hydrogen-bond donors (Lipinski definition) is 1. The van der Waals surface area contributed by atoms with Crippen LogP contribution in [0.5, 0.6) is 0 Å². The van der Waals surface area contributed by atoms with E-state index >= 15 is 0 Å². The standard InChI is InChI=1S/C24H30N2O3S/c1-18-9-13-23(14-10-18)30(28,29)26(22-12-11-19(2)20(3)15-22)17-24(27)25-16-21-7-5-4-6-8-21/h7,9-15H,4-6,8,16-17H2,1-3H3,(H,25,27). The van der Waals surface area contributed by atoms with Crippen molar-refractivity contribution in [2.45, 2.75) is 51.3 Å². The lowest BCUT2D eigenvalue weighted by Crippen LogP contribution is -2.41. The minimum atomic E-state index is -3.88. The van der Waals surface area contributed by atoms with Gasteiger partial charge in [-0.3, -0.25) is 9.10 Å². The summed E-state index contributed by atoms with van der Waals surface area (Å²) in [6, 6.07) is 12.2. The maximum atomic E-state index is 13.4. The minimum Gasteiger partial charge on any atom is -0.351 e. The van der Waals surface area contributed by atoms with Crippen LogP contribution in [-0.4, -0.2) is 27.4 Å². The molecule has 0 aliphatic heterocycles. The SMILES string of the molecule is Cc1ccc(S(=O)(=O)N(CC(=O)NCC2=CCCCC2)c2ccc(C)c(C)c2)cc1. The number of sulfonamides is 1. The molecule has 0 unspecified atom stereocenters. The first kappa shape index (κ1) is 22.1. The van der Waals surface area contributed by atoms with Gasteiger partial charge in [-0.1, -0.05) is 35.4 Å². The number of nitrogens with zero attached hydrogens (tertiary/aromatic N) is 1. The van der Waals surface area contributed by atoms with Crippen molar-refractivity contribution in [3.8, 4) is 0 Å². The van der Waals surface area contributed by atoms with E-state index in [1.54, 1.807) is 30.3 Å². The number of carbonyl (C=O) groups is 1. The number of amides is 1. The van der Waals surface area contributed by atoms with E-state index in [-0.39, 0.29) is 17.3 Å². The smallest absolute Gasteiger partial charge is 0.264 e. The largest absolute Gasteiger partial charge is 0.351 e. The molecule has 160 valence electrons. The van der Waals surface area contributed by atoms with E-state index in [2.05, 4.69) is 11.4 Å². The fourth-order valence-corrected chi connectivity index (χ4v) is 4.91. The summed E-state index contributed by atoms with van der Waals surface area (Å²) in [5.41, 5.74) is 4.73. The van der Waals surface area contributed by atoms with Gasteiger partial charge in [-0.2, -0.15) is 0 Å². The van der Waals surface area contributed by atoms with Crippen LogP contribution in [0.15, 0.2) is 59.0 Å². The molecule has 0 atom stereocenters. The molecule has 2 aromatic rings. The summed E-state index contributed by atoms with van der Waals surface area (Å²) in [5, 5.41) is 2.90. The Morgan fingerprint density at radius 1 is 1.00 bits per heavy atom. The maximum Gasteiger partial charge on any atom is 0.264 e. The van der Waals surface area contributed by atoms with E-state index < -0.39 is 10.0 Å². The van der Waals surface area contributed by atoms with E-state index in [0.717, 1.165) is 36.0 Å². The number of carbonyl (C=O) groups excluding carboxylic acids is 1. The second kappa shape index (κ2) is 9.47. The summed E-state index contributed by atoms with van der Waals surface area (Å²) in [6.07, 6.45) is 6.53. The Morgan fingerprint density at radius 3 is 2.37 bits per heavy atom. The van der Waals surface area contributed by atoms with Crippen LogP contribution in [0.2, 0.25) is 0 Å². The van der Waals surface area contributed by atoms with Gasteiger partial charge in [-0.15, -0.1) is 0 Å². The lowest BCUT2D eigenvalue weighted by Gasteiger charge is -2.25. The summed E-state index contributed by atoms with van der Waals surface area (Å²) in [6.45, 7) is 6.04. The molecule has 1 N–H and O–H groups in total. The van der Waals surface area contributed by atoms with Gasteiger partial charge >= 0.3 is 0 Å². The second-order valence-corrected chi connectivity index (χ2v) is 9.84. The third-order valence-electron chi connectivity index (χ3n) is 5.57. The highest BCUT2D eigenvalue weighted by atomic mass is 32.2. The molecule has 0 heterocycles. The highest BCUT2D eigenvalue weighted by molar-refractivity contribution is 7.92. The molecule has 30 heavy (non-hydrogen) atoms. The number of nitrogens with one attached hydrogen (secondary N) is 1. The topological polar surface area (TPSA) is 66.5 Å². The van der Waals surface area contributed by atoms with Crippen LogP contribution in [-0.2, 0) is 14.8 Å². The Hall–Kier alpha value is -2.60. The summed E-state index contributed by atoms with van der Waals surface area (Å²) < 4.78 is 28.0. The number of rotatable bonds is 7. The van der Waals surface area contributed by atoms with E-state index in [1.807, 2.05) is 32.9 Å². The minimum absolute atomic E-state index is 0.175. The van der Waals surface area contributed by atoms with Crippen molar-refractivity contribution in [3.63, 3.8) is 0 Å². The van der Waals surface area contributed by atoms with Crippen molar-refractivity contribution in [2.75, 3.05) is 17.4 Å². The molecule has 1 aliphatic rings. The molecule has 0 aromatic heterocycles. The first-order valence-electron chi connectivity index (χ1n) is 10.4. The van der Waals surface area contributed by atoms with Gasteiger partial charge in [0.2, 0.25) is 5.91 Å². The van der Waals surface area contributed by atoms with E-state index in [1.165, 1.54) is 16.3 Å². The Labute approximate surface area is 179 Å². The molecular formula is C24H30N2O3S. The summed E-state index contributed by atoms with van der Waals surface area (Å²) in [7, 11) is -3.88.